The molecule has 3 rings (SSSR count). The molecular weight excluding hydrogens is 376 g/mol. The topological polar surface area (TPSA) is 67.2 Å². The SMILES string of the molecule is Cc1ccc(CNC(=O)Cn2ncc(N3CCC(C)CC3)c(Cl)c2=O)cc1C. The Morgan fingerprint density at radius 1 is 1.25 bits per heavy atom. The van der Waals surface area contributed by atoms with E-state index in [1.807, 2.05) is 32.0 Å². The van der Waals surface area contributed by atoms with Crippen LogP contribution in [0.4, 0.5) is 5.69 Å². The van der Waals surface area contributed by atoms with Gasteiger partial charge in [0.15, 0.2) is 0 Å². The molecule has 1 aliphatic heterocycles. The van der Waals surface area contributed by atoms with E-state index in [0.29, 0.717) is 18.2 Å². The van der Waals surface area contributed by atoms with Gasteiger partial charge in [-0.1, -0.05) is 36.7 Å². The zero-order chi connectivity index (χ0) is 20.3. The highest BCUT2D eigenvalue weighted by molar-refractivity contribution is 6.33. The molecule has 0 radical (unpaired) electrons. The molecule has 1 aliphatic rings. The largest absolute Gasteiger partial charge is 0.369 e. The highest BCUT2D eigenvalue weighted by Crippen LogP contribution is 2.26. The predicted molar refractivity (Wildman–Crippen MR) is 112 cm³/mol. The molecule has 2 aromatic rings. The first-order chi connectivity index (χ1) is 13.3. The Labute approximate surface area is 170 Å². The number of hydrogen-bond donors (Lipinski definition) is 1. The van der Waals surface area contributed by atoms with Crippen LogP contribution in [0.5, 0.6) is 0 Å². The van der Waals surface area contributed by atoms with Gasteiger partial charge >= 0.3 is 0 Å². The van der Waals surface area contributed by atoms with Crippen molar-refractivity contribution in [1.82, 2.24) is 15.1 Å². The van der Waals surface area contributed by atoms with E-state index in [2.05, 4.69) is 22.2 Å². The van der Waals surface area contributed by atoms with Crippen LogP contribution >= 0.6 is 11.6 Å². The summed E-state index contributed by atoms with van der Waals surface area (Å²) >= 11 is 6.31. The van der Waals surface area contributed by atoms with Gasteiger partial charge in [-0.05, 0) is 49.3 Å². The zero-order valence-corrected chi connectivity index (χ0v) is 17.4. The number of amides is 1. The van der Waals surface area contributed by atoms with Crippen LogP contribution in [0.25, 0.3) is 0 Å². The lowest BCUT2D eigenvalue weighted by Crippen LogP contribution is -2.37. The van der Waals surface area contributed by atoms with Crippen LogP contribution < -0.4 is 15.8 Å². The van der Waals surface area contributed by atoms with Crippen LogP contribution in [-0.4, -0.2) is 28.8 Å². The van der Waals surface area contributed by atoms with Crippen LogP contribution in [0, 0.1) is 19.8 Å². The van der Waals surface area contributed by atoms with Gasteiger partial charge in [-0.25, -0.2) is 4.68 Å². The van der Waals surface area contributed by atoms with Crippen molar-refractivity contribution in [2.75, 3.05) is 18.0 Å². The van der Waals surface area contributed by atoms with Crippen molar-refractivity contribution in [3.63, 3.8) is 0 Å². The number of carbonyl (C=O) groups is 1. The van der Waals surface area contributed by atoms with Crippen molar-refractivity contribution in [2.24, 2.45) is 5.92 Å². The summed E-state index contributed by atoms with van der Waals surface area (Å²) < 4.78 is 1.12. The number of piperidine rings is 1. The molecule has 1 N–H and O–H groups in total. The zero-order valence-electron chi connectivity index (χ0n) is 16.7. The molecule has 1 amide bonds. The molecule has 1 fully saturated rings. The van der Waals surface area contributed by atoms with Crippen molar-refractivity contribution in [3.8, 4) is 0 Å². The van der Waals surface area contributed by atoms with Gasteiger partial charge in [0.1, 0.15) is 11.6 Å². The van der Waals surface area contributed by atoms with E-state index >= 15 is 0 Å². The lowest BCUT2D eigenvalue weighted by Gasteiger charge is -2.32. The fraction of sp³-hybridized carbons (Fsp3) is 0.476. The third-order valence-electron chi connectivity index (χ3n) is 5.45. The summed E-state index contributed by atoms with van der Waals surface area (Å²) in [4.78, 5) is 26.9. The van der Waals surface area contributed by atoms with Gasteiger partial charge in [0.25, 0.3) is 5.56 Å². The second kappa shape index (κ2) is 8.78. The molecule has 7 heteroatoms. The smallest absolute Gasteiger partial charge is 0.288 e. The van der Waals surface area contributed by atoms with Crippen molar-refractivity contribution in [3.05, 3.63) is 56.5 Å². The molecule has 1 aromatic carbocycles. The second-order valence-corrected chi connectivity index (χ2v) is 8.05. The first-order valence-electron chi connectivity index (χ1n) is 9.68. The summed E-state index contributed by atoms with van der Waals surface area (Å²) in [5, 5.41) is 7.13. The molecule has 28 heavy (non-hydrogen) atoms. The minimum absolute atomic E-state index is 0.131. The Bertz CT molecular complexity index is 917. The Balaban J connectivity index is 1.63. The van der Waals surface area contributed by atoms with Crippen molar-refractivity contribution >= 4 is 23.2 Å². The summed E-state index contributed by atoms with van der Waals surface area (Å²) in [5.41, 5.74) is 3.64. The Morgan fingerprint density at radius 2 is 1.96 bits per heavy atom. The molecule has 6 nitrogen and oxygen atoms in total. The molecule has 1 saturated heterocycles. The first-order valence-corrected chi connectivity index (χ1v) is 10.1. The molecule has 0 aliphatic carbocycles. The van der Waals surface area contributed by atoms with E-state index in [9.17, 15) is 9.59 Å². The van der Waals surface area contributed by atoms with Gasteiger partial charge in [-0.15, -0.1) is 0 Å². The molecule has 0 spiro atoms. The highest BCUT2D eigenvalue weighted by Gasteiger charge is 2.21. The average Bonchev–Trinajstić information content (AvgIpc) is 2.67. The first kappa shape index (κ1) is 20.4. The van der Waals surface area contributed by atoms with E-state index in [1.165, 1.54) is 11.1 Å². The number of anilines is 1. The van der Waals surface area contributed by atoms with Crippen LogP contribution in [-0.2, 0) is 17.9 Å². The van der Waals surface area contributed by atoms with E-state index in [-0.39, 0.29) is 17.5 Å². The molecule has 1 aromatic heterocycles. The molecule has 2 heterocycles. The number of nitrogens with zero attached hydrogens (tertiary/aromatic N) is 3. The van der Waals surface area contributed by atoms with Gasteiger partial charge in [0, 0.05) is 19.6 Å². The number of nitrogens with one attached hydrogen (secondary N) is 1. The maximum atomic E-state index is 12.6. The monoisotopic (exact) mass is 402 g/mol. The Morgan fingerprint density at radius 3 is 2.64 bits per heavy atom. The molecule has 150 valence electrons. The molecule has 0 unspecified atom stereocenters. The number of aromatic nitrogens is 2. The fourth-order valence-electron chi connectivity index (χ4n) is 3.34. The predicted octanol–water partition coefficient (Wildman–Crippen LogP) is 3.07. The van der Waals surface area contributed by atoms with Crippen molar-refractivity contribution in [2.45, 2.75) is 46.7 Å². The standard InChI is InChI=1S/C21H27ClN4O2/c1-14-6-8-25(9-7-14)18-12-24-26(21(28)20(18)22)13-19(27)23-11-17-5-4-15(2)16(3)10-17/h4-5,10,12,14H,6-9,11,13H2,1-3H3,(H,23,27). The van der Waals surface area contributed by atoms with Crippen molar-refractivity contribution in [1.29, 1.82) is 0 Å². The van der Waals surface area contributed by atoms with Crippen LogP contribution in [0.3, 0.4) is 0 Å². The lowest BCUT2D eigenvalue weighted by molar-refractivity contribution is -0.122. The third kappa shape index (κ3) is 4.73. The second-order valence-electron chi connectivity index (χ2n) is 7.67. The van der Waals surface area contributed by atoms with Gasteiger partial charge < -0.3 is 10.2 Å². The van der Waals surface area contributed by atoms with Crippen LogP contribution in [0.1, 0.15) is 36.5 Å². The molecule has 0 saturated carbocycles. The maximum absolute atomic E-state index is 12.6. The summed E-state index contributed by atoms with van der Waals surface area (Å²) in [7, 11) is 0. The minimum Gasteiger partial charge on any atom is -0.369 e. The lowest BCUT2D eigenvalue weighted by atomic mass is 9.99. The summed E-state index contributed by atoms with van der Waals surface area (Å²) in [6, 6.07) is 6.06. The summed E-state index contributed by atoms with van der Waals surface area (Å²) in [6.07, 6.45) is 3.73. The normalized spacial score (nSPS) is 14.9. The number of hydrogen-bond acceptors (Lipinski definition) is 4. The average molecular weight is 403 g/mol. The van der Waals surface area contributed by atoms with Gasteiger partial charge in [0.2, 0.25) is 5.91 Å². The summed E-state index contributed by atoms with van der Waals surface area (Å²) in [6.45, 7) is 8.30. The third-order valence-corrected chi connectivity index (χ3v) is 5.80. The highest BCUT2D eigenvalue weighted by atomic mass is 35.5. The number of carbonyl (C=O) groups excluding carboxylic acids is 1. The fourth-order valence-corrected chi connectivity index (χ4v) is 3.61. The Hall–Kier alpha value is -2.34. The van der Waals surface area contributed by atoms with Gasteiger partial charge in [0.05, 0.1) is 11.9 Å². The van der Waals surface area contributed by atoms with Crippen molar-refractivity contribution < 1.29 is 4.79 Å². The summed E-state index contributed by atoms with van der Waals surface area (Å²) in [5.74, 6) is 0.410. The Kier molecular flexibility index (Phi) is 6.39. The number of benzene rings is 1. The van der Waals surface area contributed by atoms with Gasteiger partial charge in [-0.2, -0.15) is 5.10 Å². The number of aryl methyl sites for hydroxylation is 2. The van der Waals surface area contributed by atoms with Crippen LogP contribution in [0.2, 0.25) is 5.02 Å². The molecule has 0 atom stereocenters. The van der Waals surface area contributed by atoms with Gasteiger partial charge in [-0.3, -0.25) is 9.59 Å². The molecular formula is C21H27ClN4O2. The van der Waals surface area contributed by atoms with E-state index in [0.717, 1.165) is 36.2 Å². The van der Waals surface area contributed by atoms with Crippen LogP contribution in [0.15, 0.2) is 29.2 Å². The maximum Gasteiger partial charge on any atom is 0.288 e. The number of halogens is 1. The minimum atomic E-state index is -0.431. The van der Waals surface area contributed by atoms with E-state index in [1.54, 1.807) is 6.20 Å². The van der Waals surface area contributed by atoms with E-state index < -0.39 is 5.56 Å². The quantitative estimate of drug-likeness (QED) is 0.834. The number of rotatable bonds is 5. The molecule has 0 bridgehead atoms. The van der Waals surface area contributed by atoms with E-state index in [4.69, 9.17) is 11.6 Å².